The second kappa shape index (κ2) is 5.18. The van der Waals surface area contributed by atoms with E-state index < -0.39 is 0 Å². The molecule has 2 aromatic rings. The van der Waals surface area contributed by atoms with E-state index >= 15 is 0 Å². The van der Waals surface area contributed by atoms with E-state index in [9.17, 15) is 4.79 Å². The molecule has 3 heteroatoms. The molecule has 3 rings (SSSR count). The molecular weight excluding hydrogens is 248 g/mol. The number of rotatable bonds is 2. The van der Waals surface area contributed by atoms with Crippen LogP contribution in [0.5, 0.6) is 0 Å². The highest BCUT2D eigenvalue weighted by Gasteiger charge is 2.29. The SMILES string of the molecule is C#CC1CC(=O)N(c2ccc(-c3ccccc3)cn2)C1. The zero-order valence-corrected chi connectivity index (χ0v) is 11.0. The maximum absolute atomic E-state index is 11.9. The molecule has 1 atom stereocenters. The van der Waals surface area contributed by atoms with Gasteiger partial charge in [0.1, 0.15) is 5.82 Å². The molecule has 1 aromatic carbocycles. The van der Waals surface area contributed by atoms with Crippen molar-refractivity contribution in [3.05, 3.63) is 48.7 Å². The van der Waals surface area contributed by atoms with Crippen LogP contribution in [0.2, 0.25) is 0 Å². The molecule has 1 fully saturated rings. The average Bonchev–Trinajstić information content (AvgIpc) is 2.89. The lowest BCUT2D eigenvalue weighted by molar-refractivity contribution is -0.117. The maximum atomic E-state index is 11.9. The van der Waals surface area contributed by atoms with Crippen LogP contribution >= 0.6 is 0 Å². The van der Waals surface area contributed by atoms with Crippen molar-refractivity contribution >= 4 is 11.7 Å². The van der Waals surface area contributed by atoms with Crippen molar-refractivity contribution < 1.29 is 4.79 Å². The van der Waals surface area contributed by atoms with Gasteiger partial charge in [-0.05, 0) is 17.7 Å². The number of benzene rings is 1. The Morgan fingerprint density at radius 2 is 1.95 bits per heavy atom. The summed E-state index contributed by atoms with van der Waals surface area (Å²) in [4.78, 5) is 17.9. The summed E-state index contributed by atoms with van der Waals surface area (Å²) in [6, 6.07) is 13.9. The van der Waals surface area contributed by atoms with Gasteiger partial charge in [-0.25, -0.2) is 4.98 Å². The Bertz CT molecular complexity index is 656. The molecule has 1 aliphatic rings. The predicted molar refractivity (Wildman–Crippen MR) is 79.0 cm³/mol. The highest BCUT2D eigenvalue weighted by molar-refractivity contribution is 5.95. The lowest BCUT2D eigenvalue weighted by Gasteiger charge is -2.15. The topological polar surface area (TPSA) is 33.2 Å². The van der Waals surface area contributed by atoms with Crippen LogP contribution in [0.15, 0.2) is 48.7 Å². The summed E-state index contributed by atoms with van der Waals surface area (Å²) in [6.07, 6.45) is 7.60. The fraction of sp³-hybridized carbons (Fsp3) is 0.176. The van der Waals surface area contributed by atoms with Crippen molar-refractivity contribution in [1.29, 1.82) is 0 Å². The average molecular weight is 262 g/mol. The molecule has 1 unspecified atom stereocenters. The molecular formula is C17H14N2O. The largest absolute Gasteiger partial charge is 0.296 e. The van der Waals surface area contributed by atoms with E-state index in [0.29, 0.717) is 18.8 Å². The summed E-state index contributed by atoms with van der Waals surface area (Å²) in [7, 11) is 0. The van der Waals surface area contributed by atoms with Gasteiger partial charge in [0.25, 0.3) is 0 Å². The van der Waals surface area contributed by atoms with Gasteiger partial charge in [-0.2, -0.15) is 0 Å². The molecule has 0 saturated carbocycles. The van der Waals surface area contributed by atoms with Gasteiger partial charge in [-0.15, -0.1) is 12.3 Å². The van der Waals surface area contributed by atoms with Crippen LogP contribution in [0.1, 0.15) is 6.42 Å². The number of terminal acetylenes is 1. The van der Waals surface area contributed by atoms with Gasteiger partial charge in [0.2, 0.25) is 5.91 Å². The summed E-state index contributed by atoms with van der Waals surface area (Å²) in [5, 5.41) is 0. The Kier molecular flexibility index (Phi) is 3.22. The Morgan fingerprint density at radius 1 is 1.15 bits per heavy atom. The van der Waals surface area contributed by atoms with Gasteiger partial charge >= 0.3 is 0 Å². The van der Waals surface area contributed by atoms with E-state index in [4.69, 9.17) is 6.42 Å². The number of carbonyl (C=O) groups excluding carboxylic acids is 1. The fourth-order valence-electron chi connectivity index (χ4n) is 2.39. The highest BCUT2D eigenvalue weighted by atomic mass is 16.2. The predicted octanol–water partition coefficient (Wildman–Crippen LogP) is 2.73. The molecule has 1 aliphatic heterocycles. The van der Waals surface area contributed by atoms with Crippen molar-refractivity contribution in [3.8, 4) is 23.5 Å². The van der Waals surface area contributed by atoms with Crippen LogP contribution in [-0.4, -0.2) is 17.4 Å². The van der Waals surface area contributed by atoms with Gasteiger partial charge in [0, 0.05) is 30.6 Å². The lowest BCUT2D eigenvalue weighted by atomic mass is 10.1. The first-order valence-corrected chi connectivity index (χ1v) is 6.56. The first-order valence-electron chi connectivity index (χ1n) is 6.56. The van der Waals surface area contributed by atoms with Gasteiger partial charge in [0.15, 0.2) is 0 Å². The Labute approximate surface area is 118 Å². The summed E-state index contributed by atoms with van der Waals surface area (Å²) < 4.78 is 0. The van der Waals surface area contributed by atoms with Crippen molar-refractivity contribution in [1.82, 2.24) is 4.98 Å². The molecule has 98 valence electrons. The zero-order valence-electron chi connectivity index (χ0n) is 11.0. The Balaban J connectivity index is 1.84. The molecule has 0 spiro atoms. The minimum absolute atomic E-state index is 0.00176. The second-order valence-electron chi connectivity index (χ2n) is 4.84. The van der Waals surface area contributed by atoms with Gasteiger partial charge in [-0.3, -0.25) is 9.69 Å². The number of hydrogen-bond donors (Lipinski definition) is 0. The third-order valence-electron chi connectivity index (χ3n) is 3.49. The number of nitrogens with zero attached hydrogens (tertiary/aromatic N) is 2. The van der Waals surface area contributed by atoms with Gasteiger partial charge in [0.05, 0.1) is 0 Å². The summed E-state index contributed by atoms with van der Waals surface area (Å²) >= 11 is 0. The fourth-order valence-corrected chi connectivity index (χ4v) is 2.39. The molecule has 0 N–H and O–H groups in total. The molecule has 1 amide bonds. The minimum atomic E-state index is -0.00176. The van der Waals surface area contributed by atoms with E-state index in [-0.39, 0.29) is 11.8 Å². The molecule has 3 nitrogen and oxygen atoms in total. The lowest BCUT2D eigenvalue weighted by Crippen LogP contribution is -2.25. The molecule has 20 heavy (non-hydrogen) atoms. The Morgan fingerprint density at radius 3 is 2.55 bits per heavy atom. The first-order chi connectivity index (χ1) is 9.78. The van der Waals surface area contributed by atoms with Crippen molar-refractivity contribution in [3.63, 3.8) is 0 Å². The van der Waals surface area contributed by atoms with E-state index in [0.717, 1.165) is 11.1 Å². The smallest absolute Gasteiger partial charge is 0.229 e. The minimum Gasteiger partial charge on any atom is -0.296 e. The molecule has 2 heterocycles. The third kappa shape index (κ3) is 2.28. The van der Waals surface area contributed by atoms with Gasteiger partial charge < -0.3 is 0 Å². The van der Waals surface area contributed by atoms with Crippen molar-refractivity contribution in [2.24, 2.45) is 5.92 Å². The second-order valence-corrected chi connectivity index (χ2v) is 4.84. The van der Waals surface area contributed by atoms with Crippen LogP contribution in [0.25, 0.3) is 11.1 Å². The maximum Gasteiger partial charge on any atom is 0.229 e. The van der Waals surface area contributed by atoms with Crippen molar-refractivity contribution in [2.75, 3.05) is 11.4 Å². The summed E-state index contributed by atoms with van der Waals surface area (Å²) in [6.45, 7) is 0.563. The quantitative estimate of drug-likeness (QED) is 0.780. The van der Waals surface area contributed by atoms with E-state index in [1.165, 1.54) is 0 Å². The number of anilines is 1. The number of pyridine rings is 1. The van der Waals surface area contributed by atoms with E-state index in [1.807, 2.05) is 42.5 Å². The number of hydrogen-bond acceptors (Lipinski definition) is 2. The molecule has 0 bridgehead atoms. The molecule has 0 aliphatic carbocycles. The number of aromatic nitrogens is 1. The van der Waals surface area contributed by atoms with E-state index in [2.05, 4.69) is 10.9 Å². The van der Waals surface area contributed by atoms with Gasteiger partial charge in [-0.1, -0.05) is 30.3 Å². The monoisotopic (exact) mass is 262 g/mol. The molecule has 1 aromatic heterocycles. The number of carbonyl (C=O) groups is 1. The number of amides is 1. The standard InChI is InChI=1S/C17H14N2O/c1-2-13-10-17(20)19(12-13)16-9-8-15(11-18-16)14-6-4-3-5-7-14/h1,3-9,11,13H,10,12H2. The highest BCUT2D eigenvalue weighted by Crippen LogP contribution is 2.25. The van der Waals surface area contributed by atoms with Crippen molar-refractivity contribution in [2.45, 2.75) is 6.42 Å². The Hall–Kier alpha value is -2.60. The van der Waals surface area contributed by atoms with Crippen LogP contribution < -0.4 is 4.90 Å². The van der Waals surface area contributed by atoms with Crippen LogP contribution in [0.3, 0.4) is 0 Å². The van der Waals surface area contributed by atoms with Crippen LogP contribution in [0, 0.1) is 18.3 Å². The molecule has 0 radical (unpaired) electrons. The molecule has 1 saturated heterocycles. The van der Waals surface area contributed by atoms with Crippen LogP contribution in [-0.2, 0) is 4.79 Å². The van der Waals surface area contributed by atoms with Crippen LogP contribution in [0.4, 0.5) is 5.82 Å². The zero-order chi connectivity index (χ0) is 13.9. The summed E-state index contributed by atoms with van der Waals surface area (Å²) in [5.74, 6) is 3.36. The summed E-state index contributed by atoms with van der Waals surface area (Å²) in [5.41, 5.74) is 2.15. The third-order valence-corrected chi connectivity index (χ3v) is 3.49. The first kappa shape index (κ1) is 12.4. The normalized spacial score (nSPS) is 18.1. The van der Waals surface area contributed by atoms with E-state index in [1.54, 1.807) is 11.1 Å².